The van der Waals surface area contributed by atoms with Gasteiger partial charge < -0.3 is 5.32 Å². The van der Waals surface area contributed by atoms with E-state index in [4.69, 9.17) is 11.6 Å². The molecule has 0 saturated carbocycles. The predicted octanol–water partition coefficient (Wildman–Crippen LogP) is 4.10. The summed E-state index contributed by atoms with van der Waals surface area (Å²) in [7, 11) is 0. The number of carbonyl (C=O) groups is 1. The second-order valence-electron chi connectivity index (χ2n) is 4.56. The van der Waals surface area contributed by atoms with E-state index in [2.05, 4.69) is 24.1 Å². The fourth-order valence-electron chi connectivity index (χ4n) is 1.57. The van der Waals surface area contributed by atoms with Crippen molar-refractivity contribution in [3.63, 3.8) is 0 Å². The maximum Gasteiger partial charge on any atom is 0.230 e. The van der Waals surface area contributed by atoms with Crippen molar-refractivity contribution < 1.29 is 4.79 Å². The van der Waals surface area contributed by atoms with E-state index in [1.165, 1.54) is 0 Å². The van der Waals surface area contributed by atoms with Gasteiger partial charge in [-0.05, 0) is 24.3 Å². The fourth-order valence-corrected chi connectivity index (χ4v) is 2.53. The molecule has 1 N–H and O–H groups in total. The van der Waals surface area contributed by atoms with Gasteiger partial charge in [-0.3, -0.25) is 4.79 Å². The maximum absolute atomic E-state index is 11.9. The summed E-state index contributed by atoms with van der Waals surface area (Å²) in [4.78, 5) is 16.3. The average molecular weight is 295 g/mol. The molecular formula is C14H15ClN2OS. The summed E-state index contributed by atoms with van der Waals surface area (Å²) in [6.07, 6.45) is 0.297. The minimum Gasteiger partial charge on any atom is -0.326 e. The van der Waals surface area contributed by atoms with Crippen LogP contribution in [-0.2, 0) is 11.2 Å². The fraction of sp³-hybridized carbons (Fsp3) is 0.286. The number of hydrogen-bond acceptors (Lipinski definition) is 3. The van der Waals surface area contributed by atoms with E-state index in [9.17, 15) is 4.79 Å². The molecule has 5 heteroatoms. The standard InChI is InChI=1S/C14H15ClN2OS/c1-9(2)14-17-12(8-19-14)7-13(18)16-11-5-3-10(15)4-6-11/h3-6,8-9H,7H2,1-2H3,(H,16,18). The van der Waals surface area contributed by atoms with E-state index in [1.54, 1.807) is 35.6 Å². The Kier molecular flexibility index (Phi) is 4.56. The molecule has 0 bridgehead atoms. The second kappa shape index (κ2) is 6.17. The molecule has 0 radical (unpaired) electrons. The second-order valence-corrected chi connectivity index (χ2v) is 5.89. The highest BCUT2D eigenvalue weighted by Gasteiger charge is 2.09. The van der Waals surface area contributed by atoms with Gasteiger partial charge in [0.2, 0.25) is 5.91 Å². The third-order valence-electron chi connectivity index (χ3n) is 2.53. The van der Waals surface area contributed by atoms with Crippen molar-refractivity contribution in [1.82, 2.24) is 4.98 Å². The smallest absolute Gasteiger partial charge is 0.230 e. The molecule has 100 valence electrons. The van der Waals surface area contributed by atoms with Crippen LogP contribution in [0.4, 0.5) is 5.69 Å². The van der Waals surface area contributed by atoms with Crippen molar-refractivity contribution >= 4 is 34.5 Å². The molecule has 0 spiro atoms. The highest BCUT2D eigenvalue weighted by Crippen LogP contribution is 2.20. The molecule has 0 fully saturated rings. The van der Waals surface area contributed by atoms with E-state index in [-0.39, 0.29) is 5.91 Å². The molecule has 0 aliphatic heterocycles. The molecule has 0 unspecified atom stereocenters. The van der Waals surface area contributed by atoms with Crippen molar-refractivity contribution in [2.45, 2.75) is 26.2 Å². The van der Waals surface area contributed by atoms with Crippen LogP contribution >= 0.6 is 22.9 Å². The predicted molar refractivity (Wildman–Crippen MR) is 80.0 cm³/mol. The number of halogens is 1. The third-order valence-corrected chi connectivity index (χ3v) is 3.98. The first-order valence-corrected chi connectivity index (χ1v) is 7.30. The van der Waals surface area contributed by atoms with Crippen LogP contribution in [0.1, 0.15) is 30.5 Å². The van der Waals surface area contributed by atoms with Gasteiger partial charge in [-0.15, -0.1) is 11.3 Å². The SMILES string of the molecule is CC(C)c1nc(CC(=O)Nc2ccc(Cl)cc2)cs1. The van der Waals surface area contributed by atoms with Gasteiger partial charge >= 0.3 is 0 Å². The van der Waals surface area contributed by atoms with Crippen molar-refractivity contribution in [1.29, 1.82) is 0 Å². The van der Waals surface area contributed by atoms with Gasteiger partial charge in [0.25, 0.3) is 0 Å². The first kappa shape index (κ1) is 14.0. The molecular weight excluding hydrogens is 280 g/mol. The first-order valence-electron chi connectivity index (χ1n) is 6.04. The van der Waals surface area contributed by atoms with E-state index in [1.807, 2.05) is 5.38 Å². The summed E-state index contributed by atoms with van der Waals surface area (Å²) >= 11 is 7.39. The maximum atomic E-state index is 11.9. The van der Waals surface area contributed by atoms with Gasteiger partial charge in [0.1, 0.15) is 0 Å². The van der Waals surface area contributed by atoms with Gasteiger partial charge in [0.15, 0.2) is 0 Å². The minimum absolute atomic E-state index is 0.0667. The van der Waals surface area contributed by atoms with Crippen LogP contribution in [0.25, 0.3) is 0 Å². The van der Waals surface area contributed by atoms with Crippen LogP contribution < -0.4 is 5.32 Å². The quantitative estimate of drug-likeness (QED) is 0.922. The molecule has 2 rings (SSSR count). The minimum atomic E-state index is -0.0667. The Morgan fingerprint density at radius 1 is 1.37 bits per heavy atom. The van der Waals surface area contributed by atoms with Crippen LogP contribution in [0.3, 0.4) is 0 Å². The largest absolute Gasteiger partial charge is 0.326 e. The number of carbonyl (C=O) groups excluding carboxylic acids is 1. The van der Waals surface area contributed by atoms with Crippen molar-refractivity contribution in [2.75, 3.05) is 5.32 Å². The van der Waals surface area contributed by atoms with E-state index in [0.717, 1.165) is 16.4 Å². The Hall–Kier alpha value is -1.39. The van der Waals surface area contributed by atoms with Gasteiger partial charge in [-0.1, -0.05) is 25.4 Å². The molecule has 0 atom stereocenters. The van der Waals surface area contributed by atoms with E-state index in [0.29, 0.717) is 17.4 Å². The number of nitrogens with zero attached hydrogens (tertiary/aromatic N) is 1. The van der Waals surface area contributed by atoms with E-state index >= 15 is 0 Å². The Labute approximate surface area is 121 Å². The Morgan fingerprint density at radius 3 is 2.63 bits per heavy atom. The zero-order chi connectivity index (χ0) is 13.8. The van der Waals surface area contributed by atoms with Crippen LogP contribution in [-0.4, -0.2) is 10.9 Å². The van der Waals surface area contributed by atoms with Crippen molar-refractivity contribution in [2.24, 2.45) is 0 Å². The van der Waals surface area contributed by atoms with E-state index < -0.39 is 0 Å². The van der Waals surface area contributed by atoms with Crippen molar-refractivity contribution in [3.05, 3.63) is 45.4 Å². The highest BCUT2D eigenvalue weighted by molar-refractivity contribution is 7.09. The highest BCUT2D eigenvalue weighted by atomic mass is 35.5. The summed E-state index contributed by atoms with van der Waals surface area (Å²) in [5.74, 6) is 0.334. The van der Waals surface area contributed by atoms with Crippen LogP contribution in [0, 0.1) is 0 Å². The van der Waals surface area contributed by atoms with Crippen LogP contribution in [0.5, 0.6) is 0 Å². The molecule has 3 nitrogen and oxygen atoms in total. The summed E-state index contributed by atoms with van der Waals surface area (Å²) in [5, 5.41) is 6.48. The number of hydrogen-bond donors (Lipinski definition) is 1. The number of amides is 1. The Balaban J connectivity index is 1.95. The molecule has 0 aliphatic carbocycles. The monoisotopic (exact) mass is 294 g/mol. The van der Waals surface area contributed by atoms with Crippen LogP contribution in [0.15, 0.2) is 29.6 Å². The topological polar surface area (TPSA) is 42.0 Å². The lowest BCUT2D eigenvalue weighted by molar-refractivity contribution is -0.115. The molecule has 0 aliphatic rings. The molecule has 19 heavy (non-hydrogen) atoms. The Bertz CT molecular complexity index is 563. The number of anilines is 1. The molecule has 1 heterocycles. The van der Waals surface area contributed by atoms with Crippen molar-refractivity contribution in [3.8, 4) is 0 Å². The zero-order valence-corrected chi connectivity index (χ0v) is 12.4. The number of rotatable bonds is 4. The molecule has 1 amide bonds. The van der Waals surface area contributed by atoms with Gasteiger partial charge in [0.05, 0.1) is 17.1 Å². The normalized spacial score (nSPS) is 10.7. The third kappa shape index (κ3) is 4.04. The summed E-state index contributed by atoms with van der Waals surface area (Å²) in [6, 6.07) is 7.05. The number of thiazole rings is 1. The summed E-state index contributed by atoms with van der Waals surface area (Å²) < 4.78 is 0. The molecule has 1 aromatic carbocycles. The summed E-state index contributed by atoms with van der Waals surface area (Å²) in [5.41, 5.74) is 1.56. The van der Waals surface area contributed by atoms with Gasteiger partial charge in [0, 0.05) is 22.0 Å². The van der Waals surface area contributed by atoms with Gasteiger partial charge in [-0.2, -0.15) is 0 Å². The number of nitrogens with one attached hydrogen (secondary N) is 1. The Morgan fingerprint density at radius 2 is 2.05 bits per heavy atom. The summed E-state index contributed by atoms with van der Waals surface area (Å²) in [6.45, 7) is 4.19. The molecule has 1 aromatic heterocycles. The average Bonchev–Trinajstić information content (AvgIpc) is 2.80. The number of benzene rings is 1. The first-order chi connectivity index (χ1) is 9.04. The van der Waals surface area contributed by atoms with Gasteiger partial charge in [-0.25, -0.2) is 4.98 Å². The lowest BCUT2D eigenvalue weighted by Gasteiger charge is -2.04. The number of aromatic nitrogens is 1. The lowest BCUT2D eigenvalue weighted by atomic mass is 10.2. The molecule has 0 saturated heterocycles. The zero-order valence-electron chi connectivity index (χ0n) is 10.8. The van der Waals surface area contributed by atoms with Crippen LogP contribution in [0.2, 0.25) is 5.02 Å². The lowest BCUT2D eigenvalue weighted by Crippen LogP contribution is -2.14. The molecule has 2 aromatic rings.